The molecule has 34 heavy (non-hydrogen) atoms. The summed E-state index contributed by atoms with van der Waals surface area (Å²) in [4.78, 5) is 30.9. The first-order valence-electron chi connectivity index (χ1n) is 11.3. The lowest BCUT2D eigenvalue weighted by Gasteiger charge is -2.21. The summed E-state index contributed by atoms with van der Waals surface area (Å²) in [6.07, 6.45) is -0.599. The van der Waals surface area contributed by atoms with Gasteiger partial charge in [-0.2, -0.15) is 4.98 Å². The number of anilines is 1. The van der Waals surface area contributed by atoms with Crippen molar-refractivity contribution in [3.05, 3.63) is 62.5 Å². The molecule has 4 rings (SSSR count). The first kappa shape index (κ1) is 23.9. The Kier molecular flexibility index (Phi) is 7.01. The van der Waals surface area contributed by atoms with Gasteiger partial charge in [-0.1, -0.05) is 0 Å². The fourth-order valence-corrected chi connectivity index (χ4v) is 4.22. The van der Waals surface area contributed by atoms with Crippen LogP contribution in [0.15, 0.2) is 44.5 Å². The van der Waals surface area contributed by atoms with E-state index >= 15 is 0 Å². The Morgan fingerprint density at radius 3 is 2.68 bits per heavy atom. The van der Waals surface area contributed by atoms with E-state index in [0.717, 1.165) is 24.2 Å². The van der Waals surface area contributed by atoms with E-state index in [2.05, 4.69) is 23.7 Å². The van der Waals surface area contributed by atoms with Crippen LogP contribution in [0.4, 0.5) is 5.69 Å². The highest BCUT2D eigenvalue weighted by atomic mass is 16.5. The molecule has 1 aliphatic rings. The molecule has 2 aromatic heterocycles. The van der Waals surface area contributed by atoms with Gasteiger partial charge in [-0.3, -0.25) is 4.57 Å². The number of fused-ring (bicyclic) bond motifs is 1. The van der Waals surface area contributed by atoms with E-state index in [1.807, 2.05) is 18.2 Å². The van der Waals surface area contributed by atoms with Crippen LogP contribution in [0.1, 0.15) is 37.6 Å². The lowest BCUT2D eigenvalue weighted by molar-refractivity contribution is -0.0460. The van der Waals surface area contributed by atoms with Crippen LogP contribution in [-0.2, 0) is 11.3 Å². The smallest absolute Gasteiger partial charge is 0.352 e. The second-order valence-corrected chi connectivity index (χ2v) is 8.27. The Balaban J connectivity index is 1.57. The standard InChI is InChI=1S/C24H29N3O7/c1-4-26(5-2)16-6-7-17-15(8-22(30)34-19(17)9-16)13-32-23-14(3)11-27(24(31)25-23)21-10-18(29)20(12-28)33-21/h6-9,11,18,20-21,28-29H,4-5,10,12-13H2,1-3H3/t18-,20-,21-/m1/s1. The molecule has 1 fully saturated rings. The number of ether oxygens (including phenoxy) is 2. The molecule has 0 amide bonds. The Bertz CT molecular complexity index is 1280. The number of aliphatic hydroxyl groups excluding tert-OH is 2. The van der Waals surface area contributed by atoms with E-state index in [-0.39, 0.29) is 25.5 Å². The molecular formula is C24H29N3O7. The molecular weight excluding hydrogens is 442 g/mol. The molecule has 1 aromatic carbocycles. The van der Waals surface area contributed by atoms with Gasteiger partial charge in [-0.25, -0.2) is 9.59 Å². The van der Waals surface area contributed by atoms with Crippen LogP contribution in [0.5, 0.6) is 5.88 Å². The minimum atomic E-state index is -0.863. The van der Waals surface area contributed by atoms with Gasteiger partial charge >= 0.3 is 11.3 Å². The normalized spacial score (nSPS) is 20.1. The number of hydrogen-bond donors (Lipinski definition) is 2. The first-order chi connectivity index (χ1) is 16.3. The lowest BCUT2D eigenvalue weighted by Crippen LogP contribution is -2.28. The highest BCUT2D eigenvalue weighted by Crippen LogP contribution is 2.29. The summed E-state index contributed by atoms with van der Waals surface area (Å²) in [5, 5.41) is 20.0. The van der Waals surface area contributed by atoms with Gasteiger partial charge in [0, 0.05) is 60.0 Å². The predicted octanol–water partition coefficient (Wildman–Crippen LogP) is 1.72. The Hall–Kier alpha value is -3.21. The number of benzene rings is 1. The minimum absolute atomic E-state index is 0.0231. The van der Waals surface area contributed by atoms with Crippen molar-refractivity contribution < 1.29 is 24.1 Å². The first-order valence-corrected chi connectivity index (χ1v) is 11.3. The van der Waals surface area contributed by atoms with Gasteiger partial charge in [0.2, 0.25) is 5.88 Å². The maximum atomic E-state index is 12.6. The van der Waals surface area contributed by atoms with Crippen LogP contribution in [0.25, 0.3) is 11.0 Å². The van der Waals surface area contributed by atoms with Gasteiger partial charge in [0.25, 0.3) is 0 Å². The number of aliphatic hydroxyl groups is 2. The molecule has 0 bridgehead atoms. The Labute approximate surface area is 196 Å². The molecule has 1 aliphatic heterocycles. The Morgan fingerprint density at radius 1 is 1.24 bits per heavy atom. The molecule has 0 unspecified atom stereocenters. The third-order valence-corrected chi connectivity index (χ3v) is 6.09. The van der Waals surface area contributed by atoms with Crippen LogP contribution in [-0.4, -0.2) is 51.7 Å². The summed E-state index contributed by atoms with van der Waals surface area (Å²) in [6.45, 7) is 7.20. The molecule has 3 aromatic rings. The molecule has 10 heteroatoms. The van der Waals surface area contributed by atoms with Crippen molar-refractivity contribution in [3.8, 4) is 5.88 Å². The number of aromatic nitrogens is 2. The molecule has 0 saturated carbocycles. The van der Waals surface area contributed by atoms with Gasteiger partial charge in [0.05, 0.1) is 12.7 Å². The van der Waals surface area contributed by atoms with Gasteiger partial charge in [-0.05, 0) is 32.9 Å². The molecule has 182 valence electrons. The topological polar surface area (TPSA) is 127 Å². The van der Waals surface area contributed by atoms with Crippen molar-refractivity contribution in [1.82, 2.24) is 9.55 Å². The van der Waals surface area contributed by atoms with Crippen molar-refractivity contribution in [3.63, 3.8) is 0 Å². The number of aryl methyl sites for hydroxylation is 1. The summed E-state index contributed by atoms with van der Waals surface area (Å²) in [6, 6.07) is 7.08. The summed E-state index contributed by atoms with van der Waals surface area (Å²) in [7, 11) is 0. The summed E-state index contributed by atoms with van der Waals surface area (Å²) >= 11 is 0. The molecule has 0 radical (unpaired) electrons. The lowest BCUT2D eigenvalue weighted by atomic mass is 10.1. The van der Waals surface area contributed by atoms with Crippen LogP contribution in [0.2, 0.25) is 0 Å². The highest BCUT2D eigenvalue weighted by Gasteiger charge is 2.35. The zero-order valence-corrected chi connectivity index (χ0v) is 19.4. The van der Waals surface area contributed by atoms with Crippen LogP contribution in [0.3, 0.4) is 0 Å². The second kappa shape index (κ2) is 9.96. The third-order valence-electron chi connectivity index (χ3n) is 6.09. The Morgan fingerprint density at radius 2 is 2.00 bits per heavy atom. The van der Waals surface area contributed by atoms with Crippen LogP contribution < -0.4 is 21.0 Å². The number of nitrogens with zero attached hydrogens (tertiary/aromatic N) is 3. The monoisotopic (exact) mass is 471 g/mol. The average molecular weight is 472 g/mol. The summed E-state index contributed by atoms with van der Waals surface area (Å²) in [5.74, 6) is 0.139. The second-order valence-electron chi connectivity index (χ2n) is 8.27. The number of rotatable bonds is 8. The van der Waals surface area contributed by atoms with Crippen molar-refractivity contribution >= 4 is 16.7 Å². The van der Waals surface area contributed by atoms with E-state index in [4.69, 9.17) is 13.9 Å². The molecule has 3 atom stereocenters. The fourth-order valence-electron chi connectivity index (χ4n) is 4.22. The molecule has 3 heterocycles. The zero-order chi connectivity index (χ0) is 24.4. The van der Waals surface area contributed by atoms with Crippen molar-refractivity contribution in [2.45, 2.75) is 52.2 Å². The van der Waals surface area contributed by atoms with Gasteiger partial charge < -0.3 is 29.0 Å². The SMILES string of the molecule is CCN(CC)c1ccc2c(COc3nc(=O)n([C@H]4C[C@@H](O)[C@@H](CO)O4)cc3C)cc(=O)oc2c1. The maximum Gasteiger partial charge on any atom is 0.352 e. The molecule has 2 N–H and O–H groups in total. The van der Waals surface area contributed by atoms with E-state index in [0.29, 0.717) is 16.7 Å². The largest absolute Gasteiger partial charge is 0.472 e. The molecule has 10 nitrogen and oxygen atoms in total. The third kappa shape index (κ3) is 4.70. The minimum Gasteiger partial charge on any atom is -0.472 e. The van der Waals surface area contributed by atoms with Gasteiger partial charge in [-0.15, -0.1) is 0 Å². The van der Waals surface area contributed by atoms with Gasteiger partial charge in [0.15, 0.2) is 0 Å². The maximum absolute atomic E-state index is 12.6. The van der Waals surface area contributed by atoms with Crippen molar-refractivity contribution in [1.29, 1.82) is 0 Å². The highest BCUT2D eigenvalue weighted by molar-refractivity contribution is 5.83. The predicted molar refractivity (Wildman–Crippen MR) is 125 cm³/mol. The summed E-state index contributed by atoms with van der Waals surface area (Å²) < 4.78 is 18.1. The van der Waals surface area contributed by atoms with Crippen molar-refractivity contribution in [2.24, 2.45) is 0 Å². The quantitative estimate of drug-likeness (QED) is 0.472. The molecule has 0 spiro atoms. The number of hydrogen-bond acceptors (Lipinski definition) is 9. The average Bonchev–Trinajstić information content (AvgIpc) is 3.20. The van der Waals surface area contributed by atoms with E-state index < -0.39 is 29.8 Å². The van der Waals surface area contributed by atoms with E-state index in [1.165, 1.54) is 10.6 Å². The molecule has 0 aliphatic carbocycles. The van der Waals surface area contributed by atoms with Crippen LogP contribution in [0, 0.1) is 6.92 Å². The zero-order valence-electron chi connectivity index (χ0n) is 19.4. The summed E-state index contributed by atoms with van der Waals surface area (Å²) in [5.41, 5.74) is 1.54. The fraction of sp³-hybridized carbons (Fsp3) is 0.458. The van der Waals surface area contributed by atoms with Crippen LogP contribution >= 0.6 is 0 Å². The molecule has 1 saturated heterocycles. The van der Waals surface area contributed by atoms with Gasteiger partial charge in [0.1, 0.15) is 24.5 Å². The van der Waals surface area contributed by atoms with E-state index in [9.17, 15) is 19.8 Å². The van der Waals surface area contributed by atoms with E-state index in [1.54, 1.807) is 13.1 Å². The van der Waals surface area contributed by atoms with Crippen molar-refractivity contribution in [2.75, 3.05) is 24.6 Å².